The minimum absolute atomic E-state index is 0.546. The number of rotatable bonds is 5. The molecule has 0 saturated heterocycles. The molecule has 0 bridgehead atoms. The maximum absolute atomic E-state index is 5.38. The van der Waals surface area contributed by atoms with Gasteiger partial charge in [-0.05, 0) is 28.1 Å². The van der Waals surface area contributed by atoms with E-state index < -0.39 is 0 Å². The Bertz CT molecular complexity index is 572. The van der Waals surface area contributed by atoms with E-state index in [4.69, 9.17) is 9.26 Å². The molecule has 0 saturated carbocycles. The van der Waals surface area contributed by atoms with E-state index in [0.29, 0.717) is 24.8 Å². The molecule has 2 rings (SSSR count). The standard InChI is InChI=1S/C12H13Br2N3O2/c1-7-16-11(17-19-7)6-15-5-8-3-9(13)4-10(14)12(8)18-2/h3-4,15H,5-6H2,1-2H3. The molecule has 1 aromatic heterocycles. The summed E-state index contributed by atoms with van der Waals surface area (Å²) in [5.41, 5.74) is 1.05. The predicted molar refractivity (Wildman–Crippen MR) is 78.0 cm³/mol. The molecule has 0 aliphatic heterocycles. The minimum Gasteiger partial charge on any atom is -0.495 e. The molecule has 5 nitrogen and oxygen atoms in total. The van der Waals surface area contributed by atoms with Crippen molar-refractivity contribution in [1.82, 2.24) is 15.5 Å². The molecule has 1 heterocycles. The van der Waals surface area contributed by atoms with Crippen molar-refractivity contribution < 1.29 is 9.26 Å². The first-order chi connectivity index (χ1) is 9.10. The molecule has 0 aliphatic carbocycles. The Kier molecular flexibility index (Phi) is 4.95. The van der Waals surface area contributed by atoms with Gasteiger partial charge in [-0.2, -0.15) is 4.98 Å². The summed E-state index contributed by atoms with van der Waals surface area (Å²) in [5, 5.41) is 7.08. The van der Waals surface area contributed by atoms with Gasteiger partial charge in [0.1, 0.15) is 5.75 Å². The van der Waals surface area contributed by atoms with Gasteiger partial charge in [0.2, 0.25) is 5.89 Å². The van der Waals surface area contributed by atoms with Gasteiger partial charge in [0.05, 0.1) is 18.1 Å². The van der Waals surface area contributed by atoms with Crippen LogP contribution in [0.15, 0.2) is 25.6 Å². The van der Waals surface area contributed by atoms with Crippen LogP contribution in [0, 0.1) is 6.92 Å². The molecule has 102 valence electrons. The number of hydrogen-bond donors (Lipinski definition) is 1. The summed E-state index contributed by atoms with van der Waals surface area (Å²) >= 11 is 6.94. The largest absolute Gasteiger partial charge is 0.495 e. The summed E-state index contributed by atoms with van der Waals surface area (Å²) in [7, 11) is 1.65. The highest BCUT2D eigenvalue weighted by Gasteiger charge is 2.09. The van der Waals surface area contributed by atoms with Crippen molar-refractivity contribution >= 4 is 31.9 Å². The van der Waals surface area contributed by atoms with E-state index in [2.05, 4.69) is 47.3 Å². The van der Waals surface area contributed by atoms with Crippen LogP contribution in [0.1, 0.15) is 17.3 Å². The third kappa shape index (κ3) is 3.77. The van der Waals surface area contributed by atoms with Gasteiger partial charge in [-0.25, -0.2) is 0 Å². The highest BCUT2D eigenvalue weighted by molar-refractivity contribution is 9.11. The van der Waals surface area contributed by atoms with Crippen molar-refractivity contribution in [3.63, 3.8) is 0 Å². The van der Waals surface area contributed by atoms with E-state index in [1.165, 1.54) is 0 Å². The van der Waals surface area contributed by atoms with Crippen LogP contribution in [0.3, 0.4) is 0 Å². The third-order valence-electron chi connectivity index (χ3n) is 2.46. The Morgan fingerprint density at radius 3 is 2.74 bits per heavy atom. The molecule has 0 unspecified atom stereocenters. The first kappa shape index (κ1) is 14.5. The number of nitrogens with one attached hydrogen (secondary N) is 1. The van der Waals surface area contributed by atoms with Gasteiger partial charge in [0, 0.05) is 23.5 Å². The molecule has 19 heavy (non-hydrogen) atoms. The van der Waals surface area contributed by atoms with E-state index in [-0.39, 0.29) is 0 Å². The van der Waals surface area contributed by atoms with E-state index in [9.17, 15) is 0 Å². The maximum Gasteiger partial charge on any atom is 0.223 e. The molecule has 0 atom stereocenters. The van der Waals surface area contributed by atoms with Gasteiger partial charge in [-0.1, -0.05) is 21.1 Å². The minimum atomic E-state index is 0.546. The van der Waals surface area contributed by atoms with Crippen molar-refractivity contribution in [1.29, 1.82) is 0 Å². The number of methoxy groups -OCH3 is 1. The fraction of sp³-hybridized carbons (Fsp3) is 0.333. The molecule has 0 radical (unpaired) electrons. The summed E-state index contributed by atoms with van der Waals surface area (Å²) in [5.74, 6) is 2.03. The number of hydrogen-bond acceptors (Lipinski definition) is 5. The first-order valence-corrected chi connectivity index (χ1v) is 7.20. The number of ether oxygens (including phenoxy) is 1. The second kappa shape index (κ2) is 6.49. The first-order valence-electron chi connectivity index (χ1n) is 5.62. The fourth-order valence-electron chi connectivity index (χ4n) is 1.70. The van der Waals surface area contributed by atoms with Gasteiger partial charge in [0.25, 0.3) is 0 Å². The predicted octanol–water partition coefficient (Wildman–Crippen LogP) is 3.20. The van der Waals surface area contributed by atoms with Gasteiger partial charge < -0.3 is 14.6 Å². The number of nitrogens with zero attached hydrogens (tertiary/aromatic N) is 2. The van der Waals surface area contributed by atoms with Gasteiger partial charge in [-0.15, -0.1) is 0 Å². The van der Waals surface area contributed by atoms with Gasteiger partial charge >= 0.3 is 0 Å². The lowest BCUT2D eigenvalue weighted by molar-refractivity contribution is 0.384. The Morgan fingerprint density at radius 2 is 2.11 bits per heavy atom. The van der Waals surface area contributed by atoms with E-state index in [1.807, 2.05) is 12.1 Å². The molecule has 0 fully saturated rings. The molecule has 1 N–H and O–H groups in total. The van der Waals surface area contributed by atoms with Crippen LogP contribution < -0.4 is 10.1 Å². The Morgan fingerprint density at radius 1 is 1.32 bits per heavy atom. The summed E-state index contributed by atoms with van der Waals surface area (Å²) in [6.07, 6.45) is 0. The van der Waals surface area contributed by atoms with E-state index in [0.717, 1.165) is 20.3 Å². The van der Waals surface area contributed by atoms with Gasteiger partial charge in [0.15, 0.2) is 5.82 Å². The number of aryl methyl sites for hydroxylation is 1. The maximum atomic E-state index is 5.38. The van der Waals surface area contributed by atoms with Crippen LogP contribution in [-0.4, -0.2) is 17.3 Å². The fourth-order valence-corrected chi connectivity index (χ4v) is 3.17. The second-order valence-corrected chi connectivity index (χ2v) is 5.68. The summed E-state index contributed by atoms with van der Waals surface area (Å²) in [6, 6.07) is 3.96. The smallest absolute Gasteiger partial charge is 0.223 e. The average Bonchev–Trinajstić information content (AvgIpc) is 2.74. The molecular weight excluding hydrogens is 378 g/mol. The molecule has 7 heteroatoms. The van der Waals surface area contributed by atoms with Crippen LogP contribution >= 0.6 is 31.9 Å². The van der Waals surface area contributed by atoms with E-state index >= 15 is 0 Å². The summed E-state index contributed by atoms with van der Waals surface area (Å²) < 4.78 is 12.2. The van der Waals surface area contributed by atoms with Crippen LogP contribution in [0.2, 0.25) is 0 Å². The highest BCUT2D eigenvalue weighted by atomic mass is 79.9. The molecular formula is C12H13Br2N3O2. The topological polar surface area (TPSA) is 60.2 Å². The monoisotopic (exact) mass is 389 g/mol. The van der Waals surface area contributed by atoms with Crippen LogP contribution in [0.25, 0.3) is 0 Å². The zero-order chi connectivity index (χ0) is 13.8. The van der Waals surface area contributed by atoms with Crippen molar-refractivity contribution in [2.24, 2.45) is 0 Å². The SMILES string of the molecule is COc1c(Br)cc(Br)cc1CNCc1noc(C)n1. The Hall–Kier alpha value is -0.920. The molecule has 1 aromatic carbocycles. The van der Waals surface area contributed by atoms with Crippen molar-refractivity contribution in [2.45, 2.75) is 20.0 Å². The quantitative estimate of drug-likeness (QED) is 0.849. The average molecular weight is 391 g/mol. The second-order valence-electron chi connectivity index (χ2n) is 3.91. The van der Waals surface area contributed by atoms with Crippen LogP contribution in [-0.2, 0) is 13.1 Å². The lowest BCUT2D eigenvalue weighted by atomic mass is 10.2. The van der Waals surface area contributed by atoms with Crippen molar-refractivity contribution in [3.8, 4) is 5.75 Å². The van der Waals surface area contributed by atoms with Crippen molar-refractivity contribution in [2.75, 3.05) is 7.11 Å². The zero-order valence-electron chi connectivity index (χ0n) is 10.5. The summed E-state index contributed by atoms with van der Waals surface area (Å²) in [6.45, 7) is 2.96. The lowest BCUT2D eigenvalue weighted by Gasteiger charge is -2.11. The number of benzene rings is 1. The molecule has 0 spiro atoms. The van der Waals surface area contributed by atoms with Crippen LogP contribution in [0.5, 0.6) is 5.75 Å². The third-order valence-corrected chi connectivity index (χ3v) is 3.50. The van der Waals surface area contributed by atoms with E-state index in [1.54, 1.807) is 14.0 Å². The molecule has 2 aromatic rings. The van der Waals surface area contributed by atoms with Gasteiger partial charge in [-0.3, -0.25) is 0 Å². The Labute approximate surface area is 128 Å². The van der Waals surface area contributed by atoms with Crippen LogP contribution in [0.4, 0.5) is 0 Å². The number of aromatic nitrogens is 2. The molecule has 0 amide bonds. The van der Waals surface area contributed by atoms with Crippen molar-refractivity contribution in [3.05, 3.63) is 38.4 Å². The summed E-state index contributed by atoms with van der Waals surface area (Å²) in [4.78, 5) is 4.13. The lowest BCUT2D eigenvalue weighted by Crippen LogP contribution is -2.14. The Balaban J connectivity index is 2.02. The molecule has 0 aliphatic rings. The normalized spacial score (nSPS) is 10.7. The number of halogens is 2. The highest BCUT2D eigenvalue weighted by Crippen LogP contribution is 2.32. The zero-order valence-corrected chi connectivity index (χ0v) is 13.7.